The van der Waals surface area contributed by atoms with Crippen LogP contribution in [0.1, 0.15) is 26.4 Å². The number of ether oxygens (including phenoxy) is 1. The van der Waals surface area contributed by atoms with Crippen LogP contribution in [0.2, 0.25) is 5.02 Å². The number of nitrogens with one attached hydrogen (secondary N) is 1. The van der Waals surface area contributed by atoms with E-state index in [0.717, 1.165) is 5.56 Å². The molecule has 1 N–H and O–H groups in total. The normalized spacial score (nSPS) is 14.2. The maximum Gasteiger partial charge on any atom is 0.270 e. The van der Waals surface area contributed by atoms with Gasteiger partial charge >= 0.3 is 0 Å². The van der Waals surface area contributed by atoms with Crippen molar-refractivity contribution in [3.05, 3.63) is 64.4 Å². The van der Waals surface area contributed by atoms with Crippen LogP contribution in [0.15, 0.2) is 42.6 Å². The summed E-state index contributed by atoms with van der Waals surface area (Å²) in [7, 11) is 0. The van der Waals surface area contributed by atoms with Gasteiger partial charge in [-0.2, -0.15) is 0 Å². The molecule has 2 heterocycles. The summed E-state index contributed by atoms with van der Waals surface area (Å²) >= 11 is 5.84. The van der Waals surface area contributed by atoms with Crippen molar-refractivity contribution in [2.45, 2.75) is 6.54 Å². The van der Waals surface area contributed by atoms with Crippen LogP contribution in [-0.2, 0) is 11.3 Å². The number of carbonyl (C=O) groups is 2. The zero-order valence-electron chi connectivity index (χ0n) is 13.6. The molecule has 0 atom stereocenters. The van der Waals surface area contributed by atoms with Crippen LogP contribution >= 0.6 is 11.6 Å². The molecule has 0 aliphatic carbocycles. The van der Waals surface area contributed by atoms with Crippen molar-refractivity contribution >= 4 is 23.4 Å². The van der Waals surface area contributed by atoms with Gasteiger partial charge in [0.25, 0.3) is 11.8 Å². The van der Waals surface area contributed by atoms with Gasteiger partial charge in [0.2, 0.25) is 0 Å². The van der Waals surface area contributed by atoms with Gasteiger partial charge in [-0.25, -0.2) is 0 Å². The summed E-state index contributed by atoms with van der Waals surface area (Å²) in [5.74, 6) is -0.441. The highest BCUT2D eigenvalue weighted by molar-refractivity contribution is 6.30. The SMILES string of the molecule is O=C(NCc1ccc(Cl)cc1)c1cc(C(=O)N2CCOCC2)ccn1. The zero-order valence-corrected chi connectivity index (χ0v) is 14.3. The Labute approximate surface area is 150 Å². The lowest BCUT2D eigenvalue weighted by Crippen LogP contribution is -2.40. The van der Waals surface area contributed by atoms with E-state index in [4.69, 9.17) is 16.3 Å². The first-order valence-electron chi connectivity index (χ1n) is 7.99. The Morgan fingerprint density at radius 3 is 2.60 bits per heavy atom. The van der Waals surface area contributed by atoms with Gasteiger partial charge in [-0.05, 0) is 29.8 Å². The summed E-state index contributed by atoms with van der Waals surface area (Å²) in [5.41, 5.74) is 1.60. The second kappa shape index (κ2) is 8.09. The molecule has 0 bridgehead atoms. The van der Waals surface area contributed by atoms with Crippen LogP contribution in [0.4, 0.5) is 0 Å². The maximum absolute atomic E-state index is 12.5. The molecule has 0 saturated carbocycles. The Kier molecular flexibility index (Phi) is 5.63. The molecule has 0 unspecified atom stereocenters. The number of hydrogen-bond donors (Lipinski definition) is 1. The molecule has 1 fully saturated rings. The topological polar surface area (TPSA) is 71.5 Å². The number of amides is 2. The third-order valence-electron chi connectivity index (χ3n) is 3.90. The summed E-state index contributed by atoms with van der Waals surface area (Å²) < 4.78 is 5.25. The van der Waals surface area contributed by atoms with Gasteiger partial charge in [-0.15, -0.1) is 0 Å². The Hall–Kier alpha value is -2.44. The molecule has 1 saturated heterocycles. The molecule has 2 aromatic rings. The zero-order chi connectivity index (χ0) is 17.6. The lowest BCUT2D eigenvalue weighted by atomic mass is 10.2. The molecule has 6 nitrogen and oxygen atoms in total. The third-order valence-corrected chi connectivity index (χ3v) is 4.16. The molecular formula is C18H18ClN3O3. The van der Waals surface area contributed by atoms with Crippen LogP contribution in [0, 0.1) is 0 Å². The van der Waals surface area contributed by atoms with E-state index >= 15 is 0 Å². The molecular weight excluding hydrogens is 342 g/mol. The number of hydrogen-bond acceptors (Lipinski definition) is 4. The number of rotatable bonds is 4. The van der Waals surface area contributed by atoms with Gasteiger partial charge in [0.1, 0.15) is 5.69 Å². The first kappa shape index (κ1) is 17.4. The van der Waals surface area contributed by atoms with E-state index in [2.05, 4.69) is 10.3 Å². The van der Waals surface area contributed by atoms with Crippen LogP contribution in [0.5, 0.6) is 0 Å². The molecule has 130 valence electrons. The van der Waals surface area contributed by atoms with Crippen LogP contribution in [-0.4, -0.2) is 48.0 Å². The van der Waals surface area contributed by atoms with E-state index in [1.807, 2.05) is 12.1 Å². The Morgan fingerprint density at radius 2 is 1.88 bits per heavy atom. The molecule has 1 aromatic heterocycles. The summed E-state index contributed by atoms with van der Waals surface area (Å²) in [6.07, 6.45) is 1.48. The van der Waals surface area contributed by atoms with Crippen molar-refractivity contribution in [3.63, 3.8) is 0 Å². The fourth-order valence-electron chi connectivity index (χ4n) is 2.51. The van der Waals surface area contributed by atoms with Crippen LogP contribution in [0.3, 0.4) is 0 Å². The van der Waals surface area contributed by atoms with Gasteiger partial charge in [-0.3, -0.25) is 14.6 Å². The van der Waals surface area contributed by atoms with Crippen molar-refractivity contribution in [2.24, 2.45) is 0 Å². The minimum Gasteiger partial charge on any atom is -0.378 e. The van der Waals surface area contributed by atoms with Gasteiger partial charge in [0.05, 0.1) is 13.2 Å². The number of morpholine rings is 1. The largest absolute Gasteiger partial charge is 0.378 e. The minimum atomic E-state index is -0.327. The van der Waals surface area contributed by atoms with E-state index < -0.39 is 0 Å². The maximum atomic E-state index is 12.5. The summed E-state index contributed by atoms with van der Waals surface area (Å²) in [4.78, 5) is 30.6. The molecule has 3 rings (SSSR count). The van der Waals surface area contributed by atoms with Gasteiger partial charge in [0.15, 0.2) is 0 Å². The van der Waals surface area contributed by atoms with Gasteiger partial charge in [-0.1, -0.05) is 23.7 Å². The third kappa shape index (κ3) is 4.55. The van der Waals surface area contributed by atoms with E-state index in [1.165, 1.54) is 12.3 Å². The van der Waals surface area contributed by atoms with Crippen molar-refractivity contribution in [1.82, 2.24) is 15.2 Å². The fourth-order valence-corrected chi connectivity index (χ4v) is 2.64. The monoisotopic (exact) mass is 359 g/mol. The molecule has 0 spiro atoms. The van der Waals surface area contributed by atoms with Gasteiger partial charge < -0.3 is 15.0 Å². The first-order valence-corrected chi connectivity index (χ1v) is 8.37. The lowest BCUT2D eigenvalue weighted by molar-refractivity contribution is 0.0303. The molecule has 0 radical (unpaired) electrons. The second-order valence-corrected chi connectivity index (χ2v) is 6.08. The Bertz CT molecular complexity index is 758. The number of pyridine rings is 1. The van der Waals surface area contributed by atoms with Crippen molar-refractivity contribution in [1.29, 1.82) is 0 Å². The van der Waals surface area contributed by atoms with Crippen LogP contribution in [0.25, 0.3) is 0 Å². The smallest absolute Gasteiger partial charge is 0.270 e. The highest BCUT2D eigenvalue weighted by atomic mass is 35.5. The van der Waals surface area contributed by atoms with E-state index in [1.54, 1.807) is 23.1 Å². The number of halogens is 1. The highest BCUT2D eigenvalue weighted by Gasteiger charge is 2.19. The summed E-state index contributed by atoms with van der Waals surface area (Å²) in [5, 5.41) is 3.44. The molecule has 1 aliphatic rings. The Morgan fingerprint density at radius 1 is 1.16 bits per heavy atom. The quantitative estimate of drug-likeness (QED) is 0.907. The number of carbonyl (C=O) groups excluding carboxylic acids is 2. The summed E-state index contributed by atoms with van der Waals surface area (Å²) in [6.45, 7) is 2.54. The fraction of sp³-hybridized carbons (Fsp3) is 0.278. The van der Waals surface area contributed by atoms with Crippen molar-refractivity contribution in [2.75, 3.05) is 26.3 Å². The van der Waals surface area contributed by atoms with E-state index in [9.17, 15) is 9.59 Å². The highest BCUT2D eigenvalue weighted by Crippen LogP contribution is 2.11. The lowest BCUT2D eigenvalue weighted by Gasteiger charge is -2.26. The minimum absolute atomic E-state index is 0.113. The van der Waals surface area contributed by atoms with E-state index in [-0.39, 0.29) is 17.5 Å². The van der Waals surface area contributed by atoms with Crippen molar-refractivity contribution < 1.29 is 14.3 Å². The molecule has 2 amide bonds. The molecule has 1 aliphatic heterocycles. The number of nitrogens with zero attached hydrogens (tertiary/aromatic N) is 2. The molecule has 7 heteroatoms. The summed E-state index contributed by atoms with van der Waals surface area (Å²) in [6, 6.07) is 10.4. The predicted molar refractivity (Wildman–Crippen MR) is 93.6 cm³/mol. The number of benzene rings is 1. The average Bonchev–Trinajstić information content (AvgIpc) is 2.67. The number of aromatic nitrogens is 1. The first-order chi connectivity index (χ1) is 12.1. The Balaban J connectivity index is 1.64. The van der Waals surface area contributed by atoms with Crippen LogP contribution < -0.4 is 5.32 Å². The average molecular weight is 360 g/mol. The predicted octanol–water partition coefficient (Wildman–Crippen LogP) is 2.14. The van der Waals surface area contributed by atoms with Gasteiger partial charge in [0, 0.05) is 36.4 Å². The molecule has 1 aromatic carbocycles. The van der Waals surface area contributed by atoms with E-state index in [0.29, 0.717) is 43.4 Å². The van der Waals surface area contributed by atoms with Crippen molar-refractivity contribution in [3.8, 4) is 0 Å². The second-order valence-electron chi connectivity index (χ2n) is 5.64. The standard InChI is InChI=1S/C18H18ClN3O3/c19-15-3-1-13(2-4-15)12-21-17(23)16-11-14(5-6-20-16)18(24)22-7-9-25-10-8-22/h1-6,11H,7-10,12H2,(H,21,23). The molecule has 25 heavy (non-hydrogen) atoms.